The Labute approximate surface area is 117 Å². The van der Waals surface area contributed by atoms with Gasteiger partial charge in [0.15, 0.2) is 5.82 Å². The lowest BCUT2D eigenvalue weighted by Crippen LogP contribution is -2.37. The fourth-order valence-electron chi connectivity index (χ4n) is 2.33. The van der Waals surface area contributed by atoms with E-state index in [0.29, 0.717) is 6.54 Å². The number of hydrogen-bond acceptors (Lipinski definition) is 4. The average Bonchev–Trinajstić information content (AvgIpc) is 2.92. The Kier molecular flexibility index (Phi) is 3.36. The van der Waals surface area contributed by atoms with Gasteiger partial charge in [0.05, 0.1) is 6.04 Å². The standard InChI is InChI=1S/C12H11F4N5/c13-10(14)12(15,16)11-20-19-9-8(18-5-6-21(9)11)7-1-3-17-4-2-7/h1-4,8,10,18H,5-6H2. The number of aromatic nitrogens is 4. The molecule has 0 aliphatic carbocycles. The zero-order valence-electron chi connectivity index (χ0n) is 10.7. The molecule has 0 bridgehead atoms. The molecule has 0 saturated carbocycles. The first-order valence-electron chi connectivity index (χ1n) is 6.24. The van der Waals surface area contributed by atoms with Gasteiger partial charge in [-0.25, -0.2) is 8.78 Å². The summed E-state index contributed by atoms with van der Waals surface area (Å²) in [5.74, 6) is -5.11. The second-order valence-corrected chi connectivity index (χ2v) is 4.62. The molecule has 1 unspecified atom stereocenters. The number of nitrogens with zero attached hydrogens (tertiary/aromatic N) is 4. The molecule has 0 aromatic carbocycles. The molecule has 9 heteroatoms. The van der Waals surface area contributed by atoms with Gasteiger partial charge in [-0.05, 0) is 17.7 Å². The SMILES string of the molecule is FC(F)C(F)(F)c1nnc2n1CCNC2c1ccncc1. The van der Waals surface area contributed by atoms with Crippen LogP contribution in [0.5, 0.6) is 0 Å². The Balaban J connectivity index is 2.04. The predicted molar refractivity (Wildman–Crippen MR) is 64.0 cm³/mol. The molecule has 0 fully saturated rings. The molecular weight excluding hydrogens is 290 g/mol. The zero-order valence-corrected chi connectivity index (χ0v) is 10.7. The first-order chi connectivity index (χ1) is 10.0. The lowest BCUT2D eigenvalue weighted by Gasteiger charge is -2.26. The lowest BCUT2D eigenvalue weighted by atomic mass is 10.1. The van der Waals surface area contributed by atoms with Crippen molar-refractivity contribution in [2.75, 3.05) is 6.54 Å². The van der Waals surface area contributed by atoms with E-state index < -0.39 is 24.2 Å². The Morgan fingerprint density at radius 1 is 1.24 bits per heavy atom. The van der Waals surface area contributed by atoms with Crippen molar-refractivity contribution in [2.24, 2.45) is 0 Å². The van der Waals surface area contributed by atoms with Gasteiger partial charge >= 0.3 is 12.3 Å². The summed E-state index contributed by atoms with van der Waals surface area (Å²) in [4.78, 5) is 3.87. The normalized spacial score (nSPS) is 18.8. The van der Waals surface area contributed by atoms with Gasteiger partial charge in [0.2, 0.25) is 5.82 Å². The van der Waals surface area contributed by atoms with Gasteiger partial charge in [-0.3, -0.25) is 4.98 Å². The summed E-state index contributed by atoms with van der Waals surface area (Å²) in [7, 11) is 0. The first kappa shape index (κ1) is 13.9. The molecule has 21 heavy (non-hydrogen) atoms. The molecule has 112 valence electrons. The Hall–Kier alpha value is -2.03. The predicted octanol–water partition coefficient (Wildman–Crippen LogP) is 1.72. The molecule has 1 N–H and O–H groups in total. The van der Waals surface area contributed by atoms with E-state index in [1.165, 1.54) is 0 Å². The molecule has 1 aliphatic rings. The fraction of sp³-hybridized carbons (Fsp3) is 0.417. The van der Waals surface area contributed by atoms with Crippen molar-refractivity contribution in [1.29, 1.82) is 0 Å². The third kappa shape index (κ3) is 2.27. The number of nitrogens with one attached hydrogen (secondary N) is 1. The van der Waals surface area contributed by atoms with Gasteiger partial charge in [0.1, 0.15) is 0 Å². The third-order valence-corrected chi connectivity index (χ3v) is 3.33. The number of halogens is 4. The van der Waals surface area contributed by atoms with Crippen LogP contribution in [0.15, 0.2) is 24.5 Å². The zero-order chi connectivity index (χ0) is 15.0. The van der Waals surface area contributed by atoms with Gasteiger partial charge in [-0.2, -0.15) is 8.78 Å². The Morgan fingerprint density at radius 2 is 1.95 bits per heavy atom. The summed E-state index contributed by atoms with van der Waals surface area (Å²) in [5.41, 5.74) is 0.755. The van der Waals surface area contributed by atoms with Crippen molar-refractivity contribution in [1.82, 2.24) is 25.1 Å². The molecule has 5 nitrogen and oxygen atoms in total. The van der Waals surface area contributed by atoms with Crippen molar-refractivity contribution < 1.29 is 17.6 Å². The minimum atomic E-state index is -4.31. The Bertz CT molecular complexity index is 628. The van der Waals surface area contributed by atoms with E-state index in [2.05, 4.69) is 20.5 Å². The largest absolute Gasteiger partial charge is 0.365 e. The van der Waals surface area contributed by atoms with Crippen LogP contribution in [0.3, 0.4) is 0 Å². The number of fused-ring (bicyclic) bond motifs is 1. The monoisotopic (exact) mass is 301 g/mol. The smallest absolute Gasteiger partial charge is 0.307 e. The minimum Gasteiger partial charge on any atom is -0.307 e. The second-order valence-electron chi connectivity index (χ2n) is 4.62. The highest BCUT2D eigenvalue weighted by atomic mass is 19.3. The van der Waals surface area contributed by atoms with Crippen LogP contribution in [-0.4, -0.2) is 32.7 Å². The number of rotatable bonds is 3. The summed E-state index contributed by atoms with van der Waals surface area (Å²) in [6.07, 6.45) is -0.706. The topological polar surface area (TPSA) is 55.6 Å². The molecular formula is C12H11F4N5. The van der Waals surface area contributed by atoms with Crippen molar-refractivity contribution in [3.05, 3.63) is 41.7 Å². The molecule has 0 radical (unpaired) electrons. The van der Waals surface area contributed by atoms with Crippen LogP contribution in [0.25, 0.3) is 0 Å². The van der Waals surface area contributed by atoms with Crippen molar-refractivity contribution in [3.63, 3.8) is 0 Å². The highest BCUT2D eigenvalue weighted by Gasteiger charge is 2.48. The van der Waals surface area contributed by atoms with Gasteiger partial charge in [0, 0.05) is 25.5 Å². The van der Waals surface area contributed by atoms with E-state index in [-0.39, 0.29) is 12.4 Å². The van der Waals surface area contributed by atoms with Crippen LogP contribution < -0.4 is 5.32 Å². The molecule has 3 rings (SSSR count). The second kappa shape index (κ2) is 5.06. The molecule has 2 aromatic heterocycles. The highest BCUT2D eigenvalue weighted by Crippen LogP contribution is 2.35. The summed E-state index contributed by atoms with van der Waals surface area (Å²) >= 11 is 0. The van der Waals surface area contributed by atoms with Crippen LogP contribution >= 0.6 is 0 Å². The molecule has 1 atom stereocenters. The van der Waals surface area contributed by atoms with Crippen LogP contribution in [0.4, 0.5) is 17.6 Å². The van der Waals surface area contributed by atoms with Crippen LogP contribution in [0, 0.1) is 0 Å². The van der Waals surface area contributed by atoms with Crippen molar-refractivity contribution >= 4 is 0 Å². The maximum absolute atomic E-state index is 13.5. The van der Waals surface area contributed by atoms with Crippen molar-refractivity contribution in [2.45, 2.75) is 24.9 Å². The van der Waals surface area contributed by atoms with E-state index in [9.17, 15) is 17.6 Å². The highest BCUT2D eigenvalue weighted by molar-refractivity contribution is 5.24. The van der Waals surface area contributed by atoms with Crippen LogP contribution in [-0.2, 0) is 12.5 Å². The summed E-state index contributed by atoms with van der Waals surface area (Å²) < 4.78 is 53.1. The Morgan fingerprint density at radius 3 is 2.62 bits per heavy atom. The van der Waals surface area contributed by atoms with E-state index in [0.717, 1.165) is 10.1 Å². The summed E-state index contributed by atoms with van der Waals surface area (Å²) in [6, 6.07) is 2.93. The molecule has 0 spiro atoms. The average molecular weight is 301 g/mol. The van der Waals surface area contributed by atoms with Crippen molar-refractivity contribution in [3.8, 4) is 0 Å². The summed E-state index contributed by atoms with van der Waals surface area (Å²) in [5, 5.41) is 10.1. The van der Waals surface area contributed by atoms with E-state index in [1.54, 1.807) is 24.5 Å². The van der Waals surface area contributed by atoms with E-state index in [1.807, 2.05) is 0 Å². The number of alkyl halides is 4. The fourth-order valence-corrected chi connectivity index (χ4v) is 2.33. The molecule has 0 saturated heterocycles. The first-order valence-corrected chi connectivity index (χ1v) is 6.24. The molecule has 1 aliphatic heterocycles. The molecule has 3 heterocycles. The van der Waals surface area contributed by atoms with Crippen LogP contribution in [0.2, 0.25) is 0 Å². The minimum absolute atomic E-state index is 0.113. The maximum atomic E-state index is 13.5. The van der Waals surface area contributed by atoms with Crippen LogP contribution in [0.1, 0.15) is 23.3 Å². The van der Waals surface area contributed by atoms with E-state index in [4.69, 9.17) is 0 Å². The lowest BCUT2D eigenvalue weighted by molar-refractivity contribution is -0.143. The van der Waals surface area contributed by atoms with E-state index >= 15 is 0 Å². The maximum Gasteiger partial charge on any atom is 0.365 e. The number of pyridine rings is 1. The molecule has 2 aromatic rings. The molecule has 0 amide bonds. The quantitative estimate of drug-likeness (QED) is 0.877. The van der Waals surface area contributed by atoms with Gasteiger partial charge < -0.3 is 9.88 Å². The van der Waals surface area contributed by atoms with Gasteiger partial charge in [-0.1, -0.05) is 0 Å². The van der Waals surface area contributed by atoms with Gasteiger partial charge in [-0.15, -0.1) is 10.2 Å². The number of hydrogen-bond donors (Lipinski definition) is 1. The third-order valence-electron chi connectivity index (χ3n) is 3.33. The summed E-state index contributed by atoms with van der Waals surface area (Å²) in [6.45, 7) is 0.464. The van der Waals surface area contributed by atoms with Gasteiger partial charge in [0.25, 0.3) is 0 Å².